The van der Waals surface area contributed by atoms with Gasteiger partial charge in [0.25, 0.3) is 0 Å². The van der Waals surface area contributed by atoms with Crippen molar-refractivity contribution in [3.05, 3.63) is 35.9 Å². The van der Waals surface area contributed by atoms with Crippen molar-refractivity contribution >= 4 is 0 Å². The van der Waals surface area contributed by atoms with E-state index >= 15 is 0 Å². The number of hydrogen-bond acceptors (Lipinski definition) is 4. The van der Waals surface area contributed by atoms with Gasteiger partial charge in [-0.2, -0.15) is 0 Å². The summed E-state index contributed by atoms with van der Waals surface area (Å²) in [5.74, 6) is 0. The molecule has 0 amide bonds. The van der Waals surface area contributed by atoms with Gasteiger partial charge >= 0.3 is 0 Å². The Kier molecular flexibility index (Phi) is 7.58. The molecule has 0 aromatic heterocycles. The van der Waals surface area contributed by atoms with Gasteiger partial charge in [-0.05, 0) is 12.0 Å². The van der Waals surface area contributed by atoms with Crippen molar-refractivity contribution in [2.45, 2.75) is 19.1 Å². The van der Waals surface area contributed by atoms with Gasteiger partial charge in [0.2, 0.25) is 0 Å². The van der Waals surface area contributed by atoms with E-state index in [0.717, 1.165) is 6.42 Å². The third kappa shape index (κ3) is 7.07. The van der Waals surface area contributed by atoms with Crippen molar-refractivity contribution in [2.24, 2.45) is 5.73 Å². The Balaban J connectivity index is 1.91. The fourth-order valence-corrected chi connectivity index (χ4v) is 1.31. The van der Waals surface area contributed by atoms with E-state index in [1.165, 1.54) is 5.56 Å². The summed E-state index contributed by atoms with van der Waals surface area (Å²) in [4.78, 5) is 0. The highest BCUT2D eigenvalue weighted by Crippen LogP contribution is 2.00. The second-order valence-electron chi connectivity index (χ2n) is 3.91. The van der Waals surface area contributed by atoms with Crippen LogP contribution in [0.15, 0.2) is 30.3 Å². The lowest BCUT2D eigenvalue weighted by atomic mass is 10.2. The number of aliphatic hydroxyl groups excluding tert-OH is 1. The Morgan fingerprint density at radius 3 is 2.53 bits per heavy atom. The third-order valence-electron chi connectivity index (χ3n) is 2.26. The summed E-state index contributed by atoms with van der Waals surface area (Å²) in [7, 11) is 0. The summed E-state index contributed by atoms with van der Waals surface area (Å²) in [5, 5.41) is 8.67. The summed E-state index contributed by atoms with van der Waals surface area (Å²) < 4.78 is 10.8. The summed E-state index contributed by atoms with van der Waals surface area (Å²) in [6.45, 7) is 2.28. The topological polar surface area (TPSA) is 64.7 Å². The van der Waals surface area contributed by atoms with Gasteiger partial charge in [-0.15, -0.1) is 0 Å². The second kappa shape index (κ2) is 9.13. The van der Waals surface area contributed by atoms with E-state index in [-0.39, 0.29) is 12.6 Å². The van der Waals surface area contributed by atoms with Crippen molar-refractivity contribution in [3.8, 4) is 0 Å². The van der Waals surface area contributed by atoms with Crippen LogP contribution < -0.4 is 5.73 Å². The van der Waals surface area contributed by atoms with Crippen molar-refractivity contribution in [2.75, 3.05) is 26.4 Å². The average molecular weight is 239 g/mol. The number of aliphatic hydroxyl groups is 1. The Morgan fingerprint density at radius 2 is 1.82 bits per heavy atom. The molecule has 1 rings (SSSR count). The summed E-state index contributed by atoms with van der Waals surface area (Å²) in [5.41, 5.74) is 6.66. The lowest BCUT2D eigenvalue weighted by Gasteiger charge is -2.09. The summed E-state index contributed by atoms with van der Waals surface area (Å²) >= 11 is 0. The molecule has 0 radical (unpaired) electrons. The van der Waals surface area contributed by atoms with Gasteiger partial charge in [0.1, 0.15) is 0 Å². The summed E-state index contributed by atoms with van der Waals surface area (Å²) in [6.07, 6.45) is 0.838. The van der Waals surface area contributed by atoms with Gasteiger partial charge in [-0.1, -0.05) is 30.3 Å². The molecule has 4 heteroatoms. The first-order valence-electron chi connectivity index (χ1n) is 5.88. The number of hydrogen-bond donors (Lipinski definition) is 2. The molecule has 1 aromatic rings. The fourth-order valence-electron chi connectivity index (χ4n) is 1.31. The van der Waals surface area contributed by atoms with Gasteiger partial charge in [-0.3, -0.25) is 0 Å². The lowest BCUT2D eigenvalue weighted by molar-refractivity contribution is 0.0639. The zero-order valence-corrected chi connectivity index (χ0v) is 10.0. The van der Waals surface area contributed by atoms with Crippen LogP contribution in [-0.4, -0.2) is 37.6 Å². The van der Waals surface area contributed by atoms with Crippen molar-refractivity contribution < 1.29 is 14.6 Å². The van der Waals surface area contributed by atoms with Crippen molar-refractivity contribution in [1.29, 1.82) is 0 Å². The van der Waals surface area contributed by atoms with Crippen LogP contribution in [0.5, 0.6) is 0 Å². The maximum atomic E-state index is 8.67. The lowest BCUT2D eigenvalue weighted by Crippen LogP contribution is -2.30. The second-order valence-corrected chi connectivity index (χ2v) is 3.91. The van der Waals surface area contributed by atoms with E-state index in [0.29, 0.717) is 26.4 Å². The molecule has 0 bridgehead atoms. The van der Waals surface area contributed by atoms with E-state index in [1.807, 2.05) is 30.3 Å². The Hall–Kier alpha value is -0.940. The molecular weight excluding hydrogens is 218 g/mol. The third-order valence-corrected chi connectivity index (χ3v) is 2.26. The average Bonchev–Trinajstić information content (AvgIpc) is 2.38. The molecule has 0 fully saturated rings. The van der Waals surface area contributed by atoms with Gasteiger partial charge < -0.3 is 20.3 Å². The number of rotatable bonds is 9. The van der Waals surface area contributed by atoms with Crippen molar-refractivity contribution in [3.63, 3.8) is 0 Å². The van der Waals surface area contributed by atoms with Gasteiger partial charge in [0.05, 0.1) is 25.9 Å². The molecule has 3 N–H and O–H groups in total. The van der Waals surface area contributed by atoms with E-state index in [1.54, 1.807) is 0 Å². The first-order valence-corrected chi connectivity index (χ1v) is 5.88. The molecule has 0 aliphatic heterocycles. The first-order chi connectivity index (χ1) is 8.33. The molecular formula is C13H21NO3. The monoisotopic (exact) mass is 239 g/mol. The highest BCUT2D eigenvalue weighted by Gasteiger charge is 1.99. The largest absolute Gasteiger partial charge is 0.395 e. The highest BCUT2D eigenvalue weighted by molar-refractivity contribution is 5.13. The molecule has 0 aliphatic rings. The zero-order chi connectivity index (χ0) is 12.3. The van der Waals surface area contributed by atoms with Crippen LogP contribution in [0.4, 0.5) is 0 Å². The molecule has 0 heterocycles. The van der Waals surface area contributed by atoms with Crippen LogP contribution in [0.1, 0.15) is 12.0 Å². The zero-order valence-electron chi connectivity index (χ0n) is 10.0. The van der Waals surface area contributed by atoms with Crippen molar-refractivity contribution in [1.82, 2.24) is 0 Å². The van der Waals surface area contributed by atoms with Gasteiger partial charge in [0.15, 0.2) is 0 Å². The minimum atomic E-state index is -0.278. The molecule has 0 spiro atoms. The molecule has 0 aliphatic carbocycles. The predicted octanol–water partition coefficient (Wildman–Crippen LogP) is 0.929. The summed E-state index contributed by atoms with van der Waals surface area (Å²) in [6, 6.07) is 9.78. The first kappa shape index (κ1) is 14.1. The van der Waals surface area contributed by atoms with Gasteiger partial charge in [0, 0.05) is 13.2 Å². The maximum Gasteiger partial charge on any atom is 0.0716 e. The van der Waals surface area contributed by atoms with Crippen LogP contribution in [-0.2, 0) is 16.1 Å². The maximum absolute atomic E-state index is 8.67. The van der Waals surface area contributed by atoms with Crippen LogP contribution in [0.2, 0.25) is 0 Å². The molecule has 1 atom stereocenters. The Labute approximate surface area is 102 Å². The fraction of sp³-hybridized carbons (Fsp3) is 0.538. The SMILES string of the molecule is NC(CO)COCCCOCc1ccccc1. The smallest absolute Gasteiger partial charge is 0.0716 e. The van der Waals surface area contributed by atoms with Crippen LogP contribution in [0, 0.1) is 0 Å². The van der Waals surface area contributed by atoms with Gasteiger partial charge in [-0.25, -0.2) is 0 Å². The minimum Gasteiger partial charge on any atom is -0.395 e. The molecule has 0 saturated heterocycles. The molecule has 4 nitrogen and oxygen atoms in total. The van der Waals surface area contributed by atoms with E-state index in [2.05, 4.69) is 0 Å². The van der Waals surface area contributed by atoms with E-state index in [4.69, 9.17) is 20.3 Å². The predicted molar refractivity (Wildman–Crippen MR) is 66.6 cm³/mol. The van der Waals surface area contributed by atoms with Crippen LogP contribution >= 0.6 is 0 Å². The molecule has 17 heavy (non-hydrogen) atoms. The molecule has 0 saturated carbocycles. The van der Waals surface area contributed by atoms with E-state index in [9.17, 15) is 0 Å². The Morgan fingerprint density at radius 1 is 1.12 bits per heavy atom. The minimum absolute atomic E-state index is 0.0372. The molecule has 1 unspecified atom stereocenters. The highest BCUT2D eigenvalue weighted by atomic mass is 16.5. The normalized spacial score (nSPS) is 12.6. The molecule has 96 valence electrons. The molecule has 1 aromatic carbocycles. The standard InChI is InChI=1S/C13H21NO3/c14-13(9-15)11-17-8-4-7-16-10-12-5-2-1-3-6-12/h1-3,5-6,13,15H,4,7-11,14H2. The number of benzene rings is 1. The Bertz CT molecular complexity index is 279. The number of ether oxygens (including phenoxy) is 2. The number of nitrogens with two attached hydrogens (primary N) is 1. The van der Waals surface area contributed by atoms with Crippen LogP contribution in [0.25, 0.3) is 0 Å². The van der Waals surface area contributed by atoms with E-state index < -0.39 is 0 Å². The van der Waals surface area contributed by atoms with Crippen LogP contribution in [0.3, 0.4) is 0 Å². The quantitative estimate of drug-likeness (QED) is 0.629.